The van der Waals surface area contributed by atoms with Gasteiger partial charge in [-0.2, -0.15) is 0 Å². The van der Waals surface area contributed by atoms with Crippen LogP contribution in [0.4, 0.5) is 5.69 Å². The molecule has 0 radical (unpaired) electrons. The Labute approximate surface area is 191 Å². The Balaban J connectivity index is 1.70. The molecule has 0 atom stereocenters. The molecule has 0 aliphatic carbocycles. The second-order valence-corrected chi connectivity index (χ2v) is 8.89. The van der Waals surface area contributed by atoms with Crippen molar-refractivity contribution in [2.24, 2.45) is 4.99 Å². The Morgan fingerprint density at radius 3 is 2.47 bits per heavy atom. The van der Waals surface area contributed by atoms with Crippen LogP contribution in [0, 0.1) is 6.92 Å². The average Bonchev–Trinajstić information content (AvgIpc) is 3.04. The van der Waals surface area contributed by atoms with Gasteiger partial charge >= 0.3 is 0 Å². The van der Waals surface area contributed by atoms with Gasteiger partial charge in [0.15, 0.2) is 10.9 Å². The van der Waals surface area contributed by atoms with Crippen LogP contribution in [-0.2, 0) is 4.79 Å². The standard InChI is InChI=1S/C23H24Cl2N2O2S/c1-3-4-5-6-11-29-21-18(24)12-16(13-19(21)25)14-20-22(28)27-23(30-20)26-17-9-7-15(2)8-10-17/h7-10,12-14H,3-6,11H2,1-2H3,(H,26,27,28)/b20-14+. The fourth-order valence-electron chi connectivity index (χ4n) is 2.87. The molecule has 4 nitrogen and oxygen atoms in total. The molecular weight excluding hydrogens is 439 g/mol. The van der Waals surface area contributed by atoms with E-state index in [2.05, 4.69) is 17.2 Å². The van der Waals surface area contributed by atoms with E-state index in [0.717, 1.165) is 29.7 Å². The van der Waals surface area contributed by atoms with Crippen LogP contribution in [0.5, 0.6) is 5.75 Å². The molecule has 1 amide bonds. The second kappa shape index (κ2) is 10.9. The first-order valence-electron chi connectivity index (χ1n) is 9.94. The summed E-state index contributed by atoms with van der Waals surface area (Å²) in [6.45, 7) is 4.77. The van der Waals surface area contributed by atoms with E-state index in [1.807, 2.05) is 31.2 Å². The lowest BCUT2D eigenvalue weighted by molar-refractivity contribution is -0.115. The van der Waals surface area contributed by atoms with Gasteiger partial charge in [-0.05, 0) is 61.0 Å². The first-order chi connectivity index (χ1) is 14.5. The first kappa shape index (κ1) is 22.7. The Morgan fingerprint density at radius 1 is 1.10 bits per heavy atom. The Bertz CT molecular complexity index is 949. The van der Waals surface area contributed by atoms with Crippen LogP contribution in [0.15, 0.2) is 46.3 Å². The number of thioether (sulfide) groups is 1. The number of ether oxygens (including phenoxy) is 1. The fraction of sp³-hybridized carbons (Fsp3) is 0.304. The average molecular weight is 463 g/mol. The third-order valence-corrected chi connectivity index (χ3v) is 5.95. The molecule has 0 unspecified atom stereocenters. The number of carbonyl (C=O) groups excluding carboxylic acids is 1. The lowest BCUT2D eigenvalue weighted by atomic mass is 10.2. The minimum atomic E-state index is -0.200. The molecule has 1 aliphatic rings. The van der Waals surface area contributed by atoms with E-state index in [-0.39, 0.29) is 5.91 Å². The van der Waals surface area contributed by atoms with Gasteiger partial charge in [-0.15, -0.1) is 0 Å². The summed E-state index contributed by atoms with van der Waals surface area (Å²) in [4.78, 5) is 17.3. The number of benzene rings is 2. The summed E-state index contributed by atoms with van der Waals surface area (Å²) in [5.74, 6) is 0.288. The van der Waals surface area contributed by atoms with E-state index in [1.54, 1.807) is 18.2 Å². The van der Waals surface area contributed by atoms with Gasteiger partial charge in [0.05, 0.1) is 27.2 Å². The van der Waals surface area contributed by atoms with Gasteiger partial charge in [0.2, 0.25) is 0 Å². The minimum Gasteiger partial charge on any atom is -0.490 e. The van der Waals surface area contributed by atoms with Crippen LogP contribution < -0.4 is 10.1 Å². The summed E-state index contributed by atoms with van der Waals surface area (Å²) in [7, 11) is 0. The van der Waals surface area contributed by atoms with Crippen LogP contribution in [0.3, 0.4) is 0 Å². The third-order valence-electron chi connectivity index (χ3n) is 4.48. The van der Waals surface area contributed by atoms with Crippen LogP contribution in [0.2, 0.25) is 10.0 Å². The van der Waals surface area contributed by atoms with Gasteiger partial charge in [0.25, 0.3) is 5.91 Å². The zero-order valence-corrected chi connectivity index (χ0v) is 19.3. The molecule has 0 saturated carbocycles. The number of hydrogen-bond acceptors (Lipinski definition) is 4. The highest BCUT2D eigenvalue weighted by atomic mass is 35.5. The summed E-state index contributed by atoms with van der Waals surface area (Å²) >= 11 is 14.0. The fourth-order valence-corrected chi connectivity index (χ4v) is 4.33. The van der Waals surface area contributed by atoms with E-state index in [4.69, 9.17) is 27.9 Å². The molecule has 2 aromatic rings. The quantitative estimate of drug-likeness (QED) is 0.334. The van der Waals surface area contributed by atoms with Crippen molar-refractivity contribution in [3.63, 3.8) is 0 Å². The van der Waals surface area contributed by atoms with Crippen molar-refractivity contribution in [2.45, 2.75) is 39.5 Å². The van der Waals surface area contributed by atoms with Crippen molar-refractivity contribution < 1.29 is 9.53 Å². The maximum atomic E-state index is 12.3. The molecule has 158 valence electrons. The number of amides is 1. The highest BCUT2D eigenvalue weighted by molar-refractivity contribution is 8.18. The molecule has 1 aliphatic heterocycles. The first-order valence-corrected chi connectivity index (χ1v) is 11.5. The molecule has 3 rings (SSSR count). The van der Waals surface area contributed by atoms with Gasteiger partial charge in [-0.25, -0.2) is 4.99 Å². The molecule has 1 saturated heterocycles. The van der Waals surface area contributed by atoms with E-state index in [9.17, 15) is 4.79 Å². The van der Waals surface area contributed by atoms with Crippen molar-refractivity contribution in [3.8, 4) is 5.75 Å². The van der Waals surface area contributed by atoms with Gasteiger partial charge in [-0.1, -0.05) is 67.1 Å². The van der Waals surface area contributed by atoms with E-state index in [1.165, 1.54) is 24.6 Å². The zero-order chi connectivity index (χ0) is 21.5. The van der Waals surface area contributed by atoms with Crippen molar-refractivity contribution in [1.29, 1.82) is 0 Å². The molecule has 7 heteroatoms. The van der Waals surface area contributed by atoms with Crippen LogP contribution in [0.1, 0.15) is 43.7 Å². The molecular formula is C23H24Cl2N2O2S. The summed E-state index contributed by atoms with van der Waals surface area (Å²) < 4.78 is 5.76. The Kier molecular flexibility index (Phi) is 8.25. The van der Waals surface area contributed by atoms with Gasteiger partial charge in [0, 0.05) is 0 Å². The second-order valence-electron chi connectivity index (χ2n) is 7.04. The molecule has 1 heterocycles. The van der Waals surface area contributed by atoms with Gasteiger partial charge in [0.1, 0.15) is 0 Å². The summed E-state index contributed by atoms with van der Waals surface area (Å²) in [5.41, 5.74) is 2.68. The maximum Gasteiger partial charge on any atom is 0.264 e. The molecule has 2 aromatic carbocycles. The summed E-state index contributed by atoms with van der Waals surface area (Å²) in [6.07, 6.45) is 6.20. The topological polar surface area (TPSA) is 50.7 Å². The van der Waals surface area contributed by atoms with Crippen LogP contribution in [-0.4, -0.2) is 17.7 Å². The number of nitrogens with zero attached hydrogens (tertiary/aromatic N) is 1. The zero-order valence-electron chi connectivity index (χ0n) is 17.0. The summed E-state index contributed by atoms with van der Waals surface area (Å²) in [6, 6.07) is 11.3. The van der Waals surface area contributed by atoms with E-state index < -0.39 is 0 Å². The van der Waals surface area contributed by atoms with Crippen molar-refractivity contribution in [3.05, 3.63) is 62.5 Å². The number of nitrogens with one attached hydrogen (secondary N) is 1. The monoisotopic (exact) mass is 462 g/mol. The number of amidine groups is 1. The Hall–Kier alpha value is -1.95. The molecule has 1 fully saturated rings. The van der Waals surface area contributed by atoms with Crippen molar-refractivity contribution >= 4 is 57.8 Å². The lowest BCUT2D eigenvalue weighted by Crippen LogP contribution is -2.19. The highest BCUT2D eigenvalue weighted by Crippen LogP contribution is 2.36. The van der Waals surface area contributed by atoms with Crippen molar-refractivity contribution in [2.75, 3.05) is 6.61 Å². The Morgan fingerprint density at radius 2 is 1.80 bits per heavy atom. The van der Waals surface area contributed by atoms with E-state index >= 15 is 0 Å². The number of unbranched alkanes of at least 4 members (excludes halogenated alkanes) is 3. The highest BCUT2D eigenvalue weighted by Gasteiger charge is 2.24. The lowest BCUT2D eigenvalue weighted by Gasteiger charge is -2.11. The molecule has 30 heavy (non-hydrogen) atoms. The van der Waals surface area contributed by atoms with Gasteiger partial charge < -0.3 is 10.1 Å². The SMILES string of the molecule is CCCCCCOc1c(Cl)cc(/C=C2/SC(=Nc3ccc(C)cc3)NC2=O)cc1Cl. The largest absolute Gasteiger partial charge is 0.490 e. The van der Waals surface area contributed by atoms with Gasteiger partial charge in [-0.3, -0.25) is 4.79 Å². The number of carbonyl (C=O) groups is 1. The smallest absolute Gasteiger partial charge is 0.264 e. The van der Waals surface area contributed by atoms with Crippen LogP contribution >= 0.6 is 35.0 Å². The number of hydrogen-bond donors (Lipinski definition) is 1. The maximum absolute atomic E-state index is 12.3. The number of rotatable bonds is 8. The minimum absolute atomic E-state index is 0.200. The normalized spacial score (nSPS) is 16.3. The van der Waals surface area contributed by atoms with Crippen LogP contribution in [0.25, 0.3) is 6.08 Å². The predicted octanol–water partition coefficient (Wildman–Crippen LogP) is 7.15. The number of aryl methyl sites for hydroxylation is 1. The molecule has 0 bridgehead atoms. The predicted molar refractivity (Wildman–Crippen MR) is 128 cm³/mol. The number of aliphatic imine (C=N–C) groups is 1. The summed E-state index contributed by atoms with van der Waals surface area (Å²) in [5, 5.41) is 4.19. The molecule has 0 aromatic heterocycles. The molecule has 0 spiro atoms. The van der Waals surface area contributed by atoms with E-state index in [0.29, 0.717) is 32.5 Å². The van der Waals surface area contributed by atoms with Crippen molar-refractivity contribution in [1.82, 2.24) is 5.32 Å². The number of halogens is 2. The molecule has 1 N–H and O–H groups in total. The third kappa shape index (κ3) is 6.27.